The maximum Gasteiger partial charge on any atom is 0.278 e. The van der Waals surface area contributed by atoms with Crippen molar-refractivity contribution >= 4 is 33.7 Å². The van der Waals surface area contributed by atoms with Crippen LogP contribution in [0.25, 0.3) is 0 Å². The summed E-state index contributed by atoms with van der Waals surface area (Å²) >= 11 is 3.41. The molecule has 0 radical (unpaired) electrons. The van der Waals surface area contributed by atoms with Crippen LogP contribution >= 0.6 is 15.9 Å². The van der Waals surface area contributed by atoms with Crippen molar-refractivity contribution in [2.75, 3.05) is 0 Å². The predicted octanol–water partition coefficient (Wildman–Crippen LogP) is 4.70. The van der Waals surface area contributed by atoms with Crippen LogP contribution < -0.4 is 10.2 Å². The van der Waals surface area contributed by atoms with E-state index in [2.05, 4.69) is 26.5 Å². The number of ether oxygens (including phenoxy) is 1. The Kier molecular flexibility index (Phi) is 6.70. The first kappa shape index (κ1) is 20.2. The second-order valence-corrected chi connectivity index (χ2v) is 6.85. The number of nitrogens with zero attached hydrogens (tertiary/aromatic N) is 2. The topological polar surface area (TPSA) is 93.8 Å². The third-order valence-corrected chi connectivity index (χ3v) is 4.41. The molecule has 1 amide bonds. The summed E-state index contributed by atoms with van der Waals surface area (Å²) in [5.41, 5.74) is 3.83. The molecule has 0 bridgehead atoms. The molecule has 1 N–H and O–H groups in total. The van der Waals surface area contributed by atoms with Gasteiger partial charge < -0.3 is 4.74 Å². The molecule has 0 spiro atoms. The molecule has 3 aromatic rings. The molecule has 3 aromatic carbocycles. The van der Waals surface area contributed by atoms with E-state index in [1.807, 2.05) is 24.3 Å². The normalized spacial score (nSPS) is 10.7. The Labute approximate surface area is 175 Å². The molecule has 7 nitrogen and oxygen atoms in total. The van der Waals surface area contributed by atoms with E-state index in [-0.39, 0.29) is 11.3 Å². The fourth-order valence-corrected chi connectivity index (χ4v) is 3.00. The van der Waals surface area contributed by atoms with Crippen LogP contribution in [0.3, 0.4) is 0 Å². The van der Waals surface area contributed by atoms with Gasteiger partial charge in [0.1, 0.15) is 12.4 Å². The summed E-state index contributed by atoms with van der Waals surface area (Å²) in [5, 5.41) is 14.9. The van der Waals surface area contributed by atoms with Gasteiger partial charge >= 0.3 is 0 Å². The van der Waals surface area contributed by atoms with Crippen molar-refractivity contribution < 1.29 is 14.5 Å². The van der Waals surface area contributed by atoms with Gasteiger partial charge in [-0.2, -0.15) is 5.10 Å². The number of rotatable bonds is 7. The molecule has 146 valence electrons. The zero-order chi connectivity index (χ0) is 20.6. The highest BCUT2D eigenvalue weighted by molar-refractivity contribution is 9.10. The zero-order valence-corrected chi connectivity index (χ0v) is 16.7. The molecular weight excluding hydrogens is 438 g/mol. The molecule has 0 aliphatic heterocycles. The van der Waals surface area contributed by atoms with E-state index >= 15 is 0 Å². The highest BCUT2D eigenvalue weighted by Crippen LogP contribution is 2.20. The Balaban J connectivity index is 1.69. The van der Waals surface area contributed by atoms with Crippen LogP contribution in [0.1, 0.15) is 21.5 Å². The first-order valence-electron chi connectivity index (χ1n) is 8.57. The van der Waals surface area contributed by atoms with E-state index in [1.165, 1.54) is 12.3 Å². The highest BCUT2D eigenvalue weighted by atomic mass is 79.9. The van der Waals surface area contributed by atoms with Gasteiger partial charge in [0, 0.05) is 10.5 Å². The lowest BCUT2D eigenvalue weighted by Gasteiger charge is -2.10. The summed E-state index contributed by atoms with van der Waals surface area (Å²) in [4.78, 5) is 23.0. The molecule has 0 fully saturated rings. The van der Waals surface area contributed by atoms with Gasteiger partial charge in [-0.3, -0.25) is 14.9 Å². The number of halogens is 1. The van der Waals surface area contributed by atoms with Crippen LogP contribution in [0.15, 0.2) is 82.4 Å². The molecule has 8 heteroatoms. The van der Waals surface area contributed by atoms with Gasteiger partial charge in [-0.15, -0.1) is 0 Å². The van der Waals surface area contributed by atoms with Gasteiger partial charge in [-0.25, -0.2) is 5.43 Å². The monoisotopic (exact) mass is 453 g/mol. The number of nitro benzene ring substituents is 1. The molecule has 0 unspecified atom stereocenters. The lowest BCUT2D eigenvalue weighted by atomic mass is 10.2. The second-order valence-electron chi connectivity index (χ2n) is 5.93. The molecule has 0 aliphatic carbocycles. The van der Waals surface area contributed by atoms with Crippen LogP contribution in [-0.4, -0.2) is 17.0 Å². The number of carbonyl (C=O) groups excluding carboxylic acids is 1. The van der Waals surface area contributed by atoms with E-state index in [4.69, 9.17) is 4.74 Å². The Bertz CT molecular complexity index is 1070. The SMILES string of the molecule is O=C(N/N=C/c1ccccc1[N+](=O)[O-])c1ccccc1OCc1cccc(Br)c1. The van der Waals surface area contributed by atoms with Gasteiger partial charge in [0.15, 0.2) is 0 Å². The summed E-state index contributed by atoms with van der Waals surface area (Å²) in [5.74, 6) is -0.0736. The van der Waals surface area contributed by atoms with Crippen LogP contribution in [0.5, 0.6) is 5.75 Å². The summed E-state index contributed by atoms with van der Waals surface area (Å²) in [6, 6.07) is 20.6. The van der Waals surface area contributed by atoms with E-state index in [0.717, 1.165) is 10.0 Å². The molecule has 0 atom stereocenters. The largest absolute Gasteiger partial charge is 0.488 e. The lowest BCUT2D eigenvalue weighted by Crippen LogP contribution is -2.18. The van der Waals surface area contributed by atoms with E-state index in [0.29, 0.717) is 17.9 Å². The predicted molar refractivity (Wildman–Crippen MR) is 113 cm³/mol. The number of amides is 1. The molecule has 0 saturated heterocycles. The standard InChI is InChI=1S/C21H16BrN3O4/c22-17-8-5-6-15(12-17)14-29-20-11-4-2-9-18(20)21(26)24-23-13-16-7-1-3-10-19(16)25(27)28/h1-13H,14H2,(H,24,26)/b23-13+. The van der Waals surface area contributed by atoms with Crippen molar-refractivity contribution in [1.82, 2.24) is 5.43 Å². The van der Waals surface area contributed by atoms with Crippen molar-refractivity contribution in [3.8, 4) is 5.75 Å². The summed E-state index contributed by atoms with van der Waals surface area (Å²) in [6.45, 7) is 0.295. The van der Waals surface area contributed by atoms with Gasteiger partial charge in [0.05, 0.1) is 22.3 Å². The average Bonchev–Trinajstić information content (AvgIpc) is 2.72. The van der Waals surface area contributed by atoms with Crippen molar-refractivity contribution in [2.45, 2.75) is 6.61 Å². The Morgan fingerprint density at radius 2 is 1.86 bits per heavy atom. The number of benzene rings is 3. The minimum Gasteiger partial charge on any atom is -0.488 e. The molecule has 0 aromatic heterocycles. The number of nitro groups is 1. The van der Waals surface area contributed by atoms with Gasteiger partial charge in [-0.1, -0.05) is 52.3 Å². The third-order valence-electron chi connectivity index (χ3n) is 3.92. The summed E-state index contributed by atoms with van der Waals surface area (Å²) in [7, 11) is 0. The number of nitrogens with one attached hydrogen (secondary N) is 1. The van der Waals surface area contributed by atoms with Gasteiger partial charge in [0.25, 0.3) is 11.6 Å². The maximum absolute atomic E-state index is 12.5. The van der Waals surface area contributed by atoms with E-state index in [9.17, 15) is 14.9 Å². The van der Waals surface area contributed by atoms with Gasteiger partial charge in [0.2, 0.25) is 0 Å². The number of hydrazone groups is 1. The van der Waals surface area contributed by atoms with E-state index in [1.54, 1.807) is 42.5 Å². The van der Waals surface area contributed by atoms with Crippen molar-refractivity contribution in [3.05, 3.63) is 104 Å². The average molecular weight is 454 g/mol. The zero-order valence-electron chi connectivity index (χ0n) is 15.1. The molecule has 0 saturated carbocycles. The molecule has 0 aliphatic rings. The third kappa shape index (κ3) is 5.49. The summed E-state index contributed by atoms with van der Waals surface area (Å²) in [6.07, 6.45) is 1.24. The van der Waals surface area contributed by atoms with E-state index < -0.39 is 10.8 Å². The minimum absolute atomic E-state index is 0.0942. The quantitative estimate of drug-likeness (QED) is 0.318. The smallest absolute Gasteiger partial charge is 0.278 e. The Hall–Kier alpha value is -3.52. The molecule has 3 rings (SSSR count). The fraction of sp³-hybridized carbons (Fsp3) is 0.0476. The Morgan fingerprint density at radius 1 is 1.10 bits per heavy atom. The minimum atomic E-state index is -0.506. The van der Waals surface area contributed by atoms with Crippen molar-refractivity contribution in [3.63, 3.8) is 0 Å². The molecular formula is C21H16BrN3O4. The Morgan fingerprint density at radius 3 is 2.66 bits per heavy atom. The molecule has 29 heavy (non-hydrogen) atoms. The van der Waals surface area contributed by atoms with Crippen LogP contribution in [0, 0.1) is 10.1 Å². The lowest BCUT2D eigenvalue weighted by molar-refractivity contribution is -0.385. The first-order valence-corrected chi connectivity index (χ1v) is 9.37. The number of hydrogen-bond donors (Lipinski definition) is 1. The number of para-hydroxylation sites is 2. The van der Waals surface area contributed by atoms with Crippen molar-refractivity contribution in [1.29, 1.82) is 0 Å². The summed E-state index contributed by atoms with van der Waals surface area (Å²) < 4.78 is 6.73. The van der Waals surface area contributed by atoms with Crippen LogP contribution in [0.2, 0.25) is 0 Å². The second kappa shape index (κ2) is 9.61. The number of hydrogen-bond acceptors (Lipinski definition) is 5. The molecule has 0 heterocycles. The van der Waals surface area contributed by atoms with Crippen LogP contribution in [0.4, 0.5) is 5.69 Å². The van der Waals surface area contributed by atoms with Crippen LogP contribution in [-0.2, 0) is 6.61 Å². The highest BCUT2D eigenvalue weighted by Gasteiger charge is 2.13. The maximum atomic E-state index is 12.5. The fourth-order valence-electron chi connectivity index (χ4n) is 2.55. The van der Waals surface area contributed by atoms with Gasteiger partial charge in [-0.05, 0) is 35.9 Å². The number of carbonyl (C=O) groups is 1. The van der Waals surface area contributed by atoms with Crippen molar-refractivity contribution in [2.24, 2.45) is 5.10 Å². The first-order chi connectivity index (χ1) is 14.0.